The molecule has 1 saturated heterocycles. The van der Waals surface area contributed by atoms with Crippen molar-refractivity contribution >= 4 is 40.9 Å². The summed E-state index contributed by atoms with van der Waals surface area (Å²) >= 11 is 6.10. The maximum absolute atomic E-state index is 11.9. The first-order valence-electron chi connectivity index (χ1n) is 6.84. The van der Waals surface area contributed by atoms with Crippen molar-refractivity contribution in [2.24, 2.45) is 11.8 Å². The van der Waals surface area contributed by atoms with Crippen LogP contribution in [-0.2, 0) is 9.59 Å². The second-order valence-electron chi connectivity index (χ2n) is 5.31. The minimum absolute atomic E-state index is 0. The van der Waals surface area contributed by atoms with E-state index in [4.69, 9.17) is 11.6 Å². The Labute approximate surface area is 159 Å². The number of carboxylic acid groups (broad SMARTS) is 1. The Balaban J connectivity index is 0.00000192. The zero-order chi connectivity index (χ0) is 15.9. The van der Waals surface area contributed by atoms with E-state index in [2.05, 4.69) is 10.6 Å². The van der Waals surface area contributed by atoms with E-state index in [1.807, 2.05) is 0 Å². The van der Waals surface area contributed by atoms with Crippen LogP contribution in [0.4, 0.5) is 16.2 Å². The van der Waals surface area contributed by atoms with Crippen molar-refractivity contribution in [2.45, 2.75) is 6.42 Å². The Morgan fingerprint density at radius 3 is 2.65 bits per heavy atom. The summed E-state index contributed by atoms with van der Waals surface area (Å²) in [5.41, 5.74) is 0.967. The van der Waals surface area contributed by atoms with Gasteiger partial charge in [-0.2, -0.15) is 0 Å². The number of hydrogen-bond acceptors (Lipinski definition) is 4. The third kappa shape index (κ3) is 3.80. The number of halogens is 1. The summed E-state index contributed by atoms with van der Waals surface area (Å²) in [6, 6.07) is 4.54. The normalized spacial score (nSPS) is 22.1. The van der Waals surface area contributed by atoms with Crippen LogP contribution in [0.3, 0.4) is 0 Å². The van der Waals surface area contributed by atoms with Crippen molar-refractivity contribution in [3.8, 4) is 0 Å². The number of carbonyl (C=O) groups excluding carboxylic acids is 3. The zero-order valence-corrected chi connectivity index (χ0v) is 15.2. The van der Waals surface area contributed by atoms with Gasteiger partial charge in [-0.1, -0.05) is 11.6 Å². The van der Waals surface area contributed by atoms with Gasteiger partial charge < -0.3 is 20.5 Å². The number of nitrogens with one attached hydrogen (secondary N) is 2. The number of anilines is 2. The summed E-state index contributed by atoms with van der Waals surface area (Å²) in [7, 11) is 0. The molecule has 116 valence electrons. The maximum Gasteiger partial charge on any atom is 1.00 e. The molecule has 1 heterocycles. The topological polar surface area (TPSA) is 102 Å². The number of nitrogens with zero attached hydrogens (tertiary/aromatic N) is 1. The van der Waals surface area contributed by atoms with Crippen molar-refractivity contribution in [1.82, 2.24) is 5.32 Å². The molecular formula is C14H13ClN3NaO4. The molecule has 3 amide bonds. The average Bonchev–Trinajstić information content (AvgIpc) is 3.18. The fourth-order valence-corrected chi connectivity index (χ4v) is 2.70. The van der Waals surface area contributed by atoms with Crippen LogP contribution in [0, 0.1) is 11.8 Å². The minimum atomic E-state index is -1.20. The van der Waals surface area contributed by atoms with Crippen LogP contribution in [0.5, 0.6) is 0 Å². The summed E-state index contributed by atoms with van der Waals surface area (Å²) in [5, 5.41) is 16.4. The van der Waals surface area contributed by atoms with Gasteiger partial charge in [0.25, 0.3) is 0 Å². The third-order valence-corrected chi connectivity index (χ3v) is 4.11. The standard InChI is InChI=1S/C14H14ClN3O4.Na/c15-10-2-1-7(5-11(10)18-4-3-16-14(18)22)17-12(19)8-6-9(8)13(20)21;/h1-2,5,8-9H,3-4,6H2,(H,16,22)(H,17,19)(H,20,21);/q;+1/p-1/t8-,9+;/m0./s1. The molecule has 7 nitrogen and oxygen atoms in total. The first-order valence-corrected chi connectivity index (χ1v) is 7.22. The Morgan fingerprint density at radius 1 is 1.35 bits per heavy atom. The number of hydrogen-bond donors (Lipinski definition) is 2. The molecule has 2 fully saturated rings. The Hall–Kier alpha value is -1.28. The molecule has 3 rings (SSSR count). The van der Waals surface area contributed by atoms with Crippen LogP contribution in [0.25, 0.3) is 0 Å². The molecule has 1 saturated carbocycles. The average molecular weight is 346 g/mol. The van der Waals surface area contributed by atoms with Gasteiger partial charge in [-0.3, -0.25) is 9.69 Å². The van der Waals surface area contributed by atoms with Crippen LogP contribution < -0.4 is 50.2 Å². The van der Waals surface area contributed by atoms with Crippen molar-refractivity contribution in [3.05, 3.63) is 23.2 Å². The molecule has 1 aliphatic carbocycles. The van der Waals surface area contributed by atoms with Crippen LogP contribution >= 0.6 is 11.6 Å². The molecule has 2 atom stereocenters. The number of aliphatic carboxylic acids is 1. The summed E-state index contributed by atoms with van der Waals surface area (Å²) in [5.74, 6) is -2.84. The van der Waals surface area contributed by atoms with Gasteiger partial charge in [0.05, 0.1) is 10.7 Å². The molecule has 0 radical (unpaired) electrons. The van der Waals surface area contributed by atoms with Crippen molar-refractivity contribution in [2.75, 3.05) is 23.3 Å². The molecule has 0 unspecified atom stereocenters. The smallest absolute Gasteiger partial charge is 0.550 e. The molecule has 0 aromatic heterocycles. The number of carbonyl (C=O) groups is 3. The Morgan fingerprint density at radius 2 is 2.09 bits per heavy atom. The van der Waals surface area contributed by atoms with Gasteiger partial charge in [0, 0.05) is 36.6 Å². The van der Waals surface area contributed by atoms with Gasteiger partial charge in [0.2, 0.25) is 5.91 Å². The van der Waals surface area contributed by atoms with Crippen molar-refractivity contribution in [1.29, 1.82) is 0 Å². The molecule has 9 heteroatoms. The SMILES string of the molecule is O=C(Nc1ccc(Cl)c(N2CCNC2=O)c1)[C@H]1C[C@H]1C(=O)[O-].[Na+]. The monoisotopic (exact) mass is 345 g/mol. The van der Waals surface area contributed by atoms with E-state index >= 15 is 0 Å². The quantitative estimate of drug-likeness (QED) is 0.575. The number of carboxylic acids is 1. The summed E-state index contributed by atoms with van der Waals surface area (Å²) in [4.78, 5) is 35.8. The van der Waals surface area contributed by atoms with Gasteiger partial charge in [-0.15, -0.1) is 0 Å². The summed E-state index contributed by atoms with van der Waals surface area (Å²) < 4.78 is 0. The van der Waals surface area contributed by atoms with E-state index in [1.54, 1.807) is 18.2 Å². The zero-order valence-electron chi connectivity index (χ0n) is 12.5. The van der Waals surface area contributed by atoms with Crippen LogP contribution in [0.2, 0.25) is 5.02 Å². The molecule has 0 spiro atoms. The fraction of sp³-hybridized carbons (Fsp3) is 0.357. The first kappa shape index (κ1) is 18.1. The molecule has 2 N–H and O–H groups in total. The van der Waals surface area contributed by atoms with E-state index in [0.717, 1.165) is 0 Å². The molecule has 2 aliphatic rings. The van der Waals surface area contributed by atoms with Gasteiger partial charge in [-0.25, -0.2) is 4.79 Å². The van der Waals surface area contributed by atoms with Gasteiger partial charge in [0.15, 0.2) is 0 Å². The van der Waals surface area contributed by atoms with Crippen molar-refractivity contribution in [3.63, 3.8) is 0 Å². The fourth-order valence-electron chi connectivity index (χ4n) is 2.48. The van der Waals surface area contributed by atoms with E-state index in [9.17, 15) is 19.5 Å². The second kappa shape index (κ2) is 7.09. The number of amides is 3. The van der Waals surface area contributed by atoms with E-state index in [1.165, 1.54) is 4.90 Å². The van der Waals surface area contributed by atoms with Gasteiger partial charge >= 0.3 is 35.6 Å². The predicted molar refractivity (Wildman–Crippen MR) is 77.4 cm³/mol. The van der Waals surface area contributed by atoms with Crippen LogP contribution in [0.15, 0.2) is 18.2 Å². The van der Waals surface area contributed by atoms with Gasteiger partial charge in [-0.05, 0) is 24.6 Å². The van der Waals surface area contributed by atoms with Gasteiger partial charge in [0.1, 0.15) is 0 Å². The molecular weight excluding hydrogens is 333 g/mol. The molecule has 1 aliphatic heterocycles. The first-order chi connectivity index (χ1) is 10.5. The summed E-state index contributed by atoms with van der Waals surface area (Å²) in [6.07, 6.45) is 0.295. The Kier molecular flexibility index (Phi) is 5.57. The largest absolute Gasteiger partial charge is 1.00 e. The number of benzene rings is 1. The van der Waals surface area contributed by atoms with E-state index in [0.29, 0.717) is 35.9 Å². The minimum Gasteiger partial charge on any atom is -0.550 e. The van der Waals surface area contributed by atoms with E-state index < -0.39 is 17.8 Å². The molecule has 0 bridgehead atoms. The van der Waals surface area contributed by atoms with Crippen LogP contribution in [0.1, 0.15) is 6.42 Å². The number of urea groups is 1. The van der Waals surface area contributed by atoms with Crippen LogP contribution in [-0.4, -0.2) is 31.0 Å². The predicted octanol–water partition coefficient (Wildman–Crippen LogP) is -2.80. The maximum atomic E-state index is 11.9. The van der Waals surface area contributed by atoms with Crippen molar-refractivity contribution < 1.29 is 49.0 Å². The molecule has 1 aromatic carbocycles. The number of rotatable bonds is 4. The summed E-state index contributed by atoms with van der Waals surface area (Å²) in [6.45, 7) is 1.02. The Bertz CT molecular complexity index is 669. The molecule has 23 heavy (non-hydrogen) atoms. The van der Waals surface area contributed by atoms with E-state index in [-0.39, 0.29) is 41.5 Å². The molecule has 1 aromatic rings. The third-order valence-electron chi connectivity index (χ3n) is 3.79. The second-order valence-corrected chi connectivity index (χ2v) is 5.71.